The third-order valence-corrected chi connectivity index (χ3v) is 4.69. The van der Waals surface area contributed by atoms with Gasteiger partial charge in [-0.3, -0.25) is 9.79 Å². The van der Waals surface area contributed by atoms with Crippen LogP contribution in [0.5, 0.6) is 0 Å². The van der Waals surface area contributed by atoms with Crippen molar-refractivity contribution in [2.45, 2.75) is 12.5 Å². The first-order valence-electron chi connectivity index (χ1n) is 8.00. The van der Waals surface area contributed by atoms with Gasteiger partial charge in [-0.1, -0.05) is 54.1 Å². The molecule has 0 radical (unpaired) electrons. The van der Waals surface area contributed by atoms with Gasteiger partial charge >= 0.3 is 0 Å². The Morgan fingerprint density at radius 1 is 1.16 bits per heavy atom. The molecule has 2 aromatic carbocycles. The van der Waals surface area contributed by atoms with Gasteiger partial charge in [0, 0.05) is 31.1 Å². The maximum Gasteiger partial charge on any atom is 0.172 e. The van der Waals surface area contributed by atoms with E-state index in [1.807, 2.05) is 54.4 Å². The van der Waals surface area contributed by atoms with Crippen molar-refractivity contribution >= 4 is 29.0 Å². The number of hydrogen-bond donors (Lipinski definition) is 1. The van der Waals surface area contributed by atoms with E-state index in [1.54, 1.807) is 19.2 Å². The number of aliphatic imine (C=N–C) groups is 1. The first-order chi connectivity index (χ1) is 12.0. The van der Waals surface area contributed by atoms with E-state index in [0.29, 0.717) is 16.4 Å². The van der Waals surface area contributed by atoms with Crippen LogP contribution in [-0.4, -0.2) is 35.7 Å². The number of ketones is 1. The van der Waals surface area contributed by atoms with Crippen molar-refractivity contribution in [1.29, 1.82) is 0 Å². The summed E-state index contributed by atoms with van der Waals surface area (Å²) in [6, 6.07) is 16.4. The summed E-state index contributed by atoms with van der Waals surface area (Å²) in [5.74, 6) is 0.324. The van der Waals surface area contributed by atoms with E-state index in [4.69, 9.17) is 11.6 Å². The van der Waals surface area contributed by atoms with Gasteiger partial charge in [0.25, 0.3) is 0 Å². The molecule has 128 valence electrons. The molecule has 4 nitrogen and oxygen atoms in total. The monoisotopic (exact) mass is 354 g/mol. The Bertz CT molecular complexity index is 842. The van der Waals surface area contributed by atoms with Crippen LogP contribution in [0, 0.1) is 0 Å². The van der Waals surface area contributed by atoms with Crippen molar-refractivity contribution in [2.24, 2.45) is 4.99 Å². The molecule has 0 bridgehead atoms. The van der Waals surface area contributed by atoms with Crippen LogP contribution in [0.3, 0.4) is 0 Å². The molecule has 1 N–H and O–H groups in total. The van der Waals surface area contributed by atoms with E-state index in [0.717, 1.165) is 5.56 Å². The van der Waals surface area contributed by atoms with Gasteiger partial charge in [0.05, 0.1) is 6.04 Å². The quantitative estimate of drug-likeness (QED) is 0.646. The minimum Gasteiger partial charge on any atom is -0.506 e. The number of piperidine rings is 1. The highest BCUT2D eigenvalue weighted by Gasteiger charge is 2.36. The average molecular weight is 355 g/mol. The number of aliphatic hydroxyl groups is 1. The van der Waals surface area contributed by atoms with E-state index in [1.165, 1.54) is 0 Å². The second kappa shape index (κ2) is 7.11. The SMILES string of the molecule is CN=C1/C(=C(/O)c2ccccc2)C(=O)CC(c2ccc(Cl)cc2)N1C. The summed E-state index contributed by atoms with van der Waals surface area (Å²) >= 11 is 5.96. The summed E-state index contributed by atoms with van der Waals surface area (Å²) < 4.78 is 0. The third kappa shape index (κ3) is 3.30. The van der Waals surface area contributed by atoms with E-state index in [2.05, 4.69) is 4.99 Å². The largest absolute Gasteiger partial charge is 0.506 e. The van der Waals surface area contributed by atoms with Crippen LogP contribution in [0.1, 0.15) is 23.6 Å². The van der Waals surface area contributed by atoms with Gasteiger partial charge in [-0.2, -0.15) is 0 Å². The molecule has 0 aromatic heterocycles. The summed E-state index contributed by atoms with van der Waals surface area (Å²) in [6.07, 6.45) is 0.267. The van der Waals surface area contributed by atoms with Crippen molar-refractivity contribution < 1.29 is 9.90 Å². The highest BCUT2D eigenvalue weighted by Crippen LogP contribution is 2.34. The zero-order chi connectivity index (χ0) is 18.0. The molecule has 1 fully saturated rings. The van der Waals surface area contributed by atoms with Crippen molar-refractivity contribution in [1.82, 2.24) is 4.90 Å². The second-order valence-electron chi connectivity index (χ2n) is 5.94. The van der Waals surface area contributed by atoms with Gasteiger partial charge in [0.15, 0.2) is 5.78 Å². The lowest BCUT2D eigenvalue weighted by Crippen LogP contribution is -2.41. The molecule has 1 heterocycles. The first-order valence-corrected chi connectivity index (χ1v) is 8.38. The maximum absolute atomic E-state index is 12.8. The van der Waals surface area contributed by atoms with Gasteiger partial charge in [-0.15, -0.1) is 0 Å². The Kier molecular flexibility index (Phi) is 4.91. The number of likely N-dealkylation sites (N-methyl/N-ethyl adjacent to an activating group) is 1. The van der Waals surface area contributed by atoms with E-state index >= 15 is 0 Å². The standard InChI is InChI=1S/C20H19ClN2O2/c1-22-20-18(19(25)14-6-4-3-5-7-14)17(24)12-16(23(20)2)13-8-10-15(21)11-9-13/h3-11,16,25H,12H2,1-2H3/b19-18+,22-20?. The molecule has 0 spiro atoms. The molecule has 1 saturated heterocycles. The number of carbonyl (C=O) groups is 1. The van der Waals surface area contributed by atoms with Crippen molar-refractivity contribution in [3.63, 3.8) is 0 Å². The number of amidine groups is 1. The van der Waals surface area contributed by atoms with Gasteiger partial charge in [0.1, 0.15) is 17.2 Å². The highest BCUT2D eigenvalue weighted by molar-refractivity contribution is 6.30. The summed E-state index contributed by atoms with van der Waals surface area (Å²) in [5, 5.41) is 11.3. The van der Waals surface area contributed by atoms with Gasteiger partial charge in [-0.25, -0.2) is 0 Å². The summed E-state index contributed by atoms with van der Waals surface area (Å²) in [6.45, 7) is 0. The number of Topliss-reactive ketones (excluding diaryl/α,β-unsaturated/α-hetero) is 1. The molecule has 0 saturated carbocycles. The lowest BCUT2D eigenvalue weighted by atomic mass is 9.89. The van der Waals surface area contributed by atoms with Gasteiger partial charge in [0.2, 0.25) is 0 Å². The lowest BCUT2D eigenvalue weighted by molar-refractivity contribution is -0.116. The Balaban J connectivity index is 2.03. The van der Waals surface area contributed by atoms with Crippen molar-refractivity contribution in [2.75, 3.05) is 14.1 Å². The molecule has 0 aliphatic carbocycles. The molecule has 1 aliphatic heterocycles. The van der Waals surface area contributed by atoms with E-state index < -0.39 is 0 Å². The number of rotatable bonds is 2. The molecule has 2 aromatic rings. The molecule has 0 amide bonds. The van der Waals surface area contributed by atoms with E-state index in [-0.39, 0.29) is 29.6 Å². The Hall–Kier alpha value is -2.59. The molecule has 3 rings (SSSR count). The number of likely N-dealkylation sites (tertiary alicyclic amines) is 1. The summed E-state index contributed by atoms with van der Waals surface area (Å²) in [5.41, 5.74) is 1.85. The zero-order valence-electron chi connectivity index (χ0n) is 14.1. The Labute approximate surface area is 152 Å². The normalized spacial score (nSPS) is 21.6. The van der Waals surface area contributed by atoms with Crippen LogP contribution in [-0.2, 0) is 4.79 Å². The van der Waals surface area contributed by atoms with Crippen LogP contribution < -0.4 is 0 Å². The minimum atomic E-state index is -0.143. The van der Waals surface area contributed by atoms with Gasteiger partial charge in [-0.05, 0) is 17.7 Å². The first kappa shape index (κ1) is 17.2. The predicted molar refractivity (Wildman–Crippen MR) is 101 cm³/mol. The molecule has 25 heavy (non-hydrogen) atoms. The topological polar surface area (TPSA) is 52.9 Å². The minimum absolute atomic E-state index is 0.0346. The van der Waals surface area contributed by atoms with Crippen LogP contribution in [0.2, 0.25) is 5.02 Å². The summed E-state index contributed by atoms with van der Waals surface area (Å²) in [7, 11) is 3.51. The number of halogens is 1. The Morgan fingerprint density at radius 2 is 1.80 bits per heavy atom. The number of nitrogens with zero attached hydrogens (tertiary/aromatic N) is 2. The van der Waals surface area contributed by atoms with Crippen LogP contribution in [0.25, 0.3) is 5.76 Å². The van der Waals surface area contributed by atoms with Crippen LogP contribution in [0.15, 0.2) is 65.2 Å². The number of benzene rings is 2. The van der Waals surface area contributed by atoms with Crippen LogP contribution in [0.4, 0.5) is 0 Å². The number of aliphatic hydroxyl groups excluding tert-OH is 1. The molecule has 1 atom stereocenters. The molecular formula is C20H19ClN2O2. The second-order valence-corrected chi connectivity index (χ2v) is 6.38. The van der Waals surface area contributed by atoms with E-state index in [9.17, 15) is 9.90 Å². The lowest BCUT2D eigenvalue weighted by Gasteiger charge is -2.36. The molecule has 5 heteroatoms. The summed E-state index contributed by atoms with van der Waals surface area (Å²) in [4.78, 5) is 19.0. The fourth-order valence-corrected chi connectivity index (χ4v) is 3.26. The smallest absolute Gasteiger partial charge is 0.172 e. The molecule has 1 aliphatic rings. The number of carbonyl (C=O) groups excluding carboxylic acids is 1. The fourth-order valence-electron chi connectivity index (χ4n) is 3.14. The van der Waals surface area contributed by atoms with Gasteiger partial charge < -0.3 is 10.0 Å². The number of hydrogen-bond acceptors (Lipinski definition) is 3. The predicted octanol–water partition coefficient (Wildman–Crippen LogP) is 4.28. The molecule has 1 unspecified atom stereocenters. The molecular weight excluding hydrogens is 336 g/mol. The third-order valence-electron chi connectivity index (χ3n) is 4.43. The Morgan fingerprint density at radius 3 is 2.40 bits per heavy atom. The maximum atomic E-state index is 12.8. The van der Waals surface area contributed by atoms with Crippen molar-refractivity contribution in [3.05, 3.63) is 76.3 Å². The highest BCUT2D eigenvalue weighted by atomic mass is 35.5. The van der Waals surface area contributed by atoms with Crippen molar-refractivity contribution in [3.8, 4) is 0 Å². The van der Waals surface area contributed by atoms with Crippen LogP contribution >= 0.6 is 11.6 Å². The zero-order valence-corrected chi connectivity index (χ0v) is 14.9. The fraction of sp³-hybridized carbons (Fsp3) is 0.200. The average Bonchev–Trinajstić information content (AvgIpc) is 2.64.